The first kappa shape index (κ1) is 13.6. The predicted molar refractivity (Wildman–Crippen MR) is 70.6 cm³/mol. The number of nitrogens with one attached hydrogen (secondary N) is 2. The van der Waals surface area contributed by atoms with Crippen molar-refractivity contribution in [2.75, 3.05) is 12.4 Å². The molecule has 1 aromatic carbocycles. The number of esters is 1. The maximum atomic E-state index is 13.0. The third-order valence-electron chi connectivity index (χ3n) is 2.72. The Morgan fingerprint density at radius 1 is 1.45 bits per heavy atom. The zero-order chi connectivity index (χ0) is 14.5. The highest BCUT2D eigenvalue weighted by Gasteiger charge is 2.08. The number of anilines is 1. The molecule has 0 spiro atoms. The number of halogens is 1. The Labute approximate surface area is 115 Å². The van der Waals surface area contributed by atoms with Crippen LogP contribution >= 0.6 is 0 Å². The molecule has 6 heteroatoms. The van der Waals surface area contributed by atoms with Gasteiger partial charge < -0.3 is 15.0 Å². The second kappa shape index (κ2) is 5.89. The summed E-state index contributed by atoms with van der Waals surface area (Å²) >= 11 is 0. The number of H-pyrrole nitrogens is 1. The molecule has 0 saturated carbocycles. The third-order valence-corrected chi connectivity index (χ3v) is 2.72. The number of carbonyl (C=O) groups is 1. The van der Waals surface area contributed by atoms with Gasteiger partial charge in [0.05, 0.1) is 24.9 Å². The van der Waals surface area contributed by atoms with Crippen LogP contribution in [-0.2, 0) is 11.3 Å². The van der Waals surface area contributed by atoms with Gasteiger partial charge in [0.15, 0.2) is 0 Å². The van der Waals surface area contributed by atoms with E-state index in [1.165, 1.54) is 19.2 Å². The molecule has 0 bridgehead atoms. The number of benzene rings is 1. The van der Waals surface area contributed by atoms with E-state index >= 15 is 0 Å². The topological polar surface area (TPSA) is 77.9 Å². The van der Waals surface area contributed by atoms with E-state index in [2.05, 4.69) is 15.0 Å². The van der Waals surface area contributed by atoms with Gasteiger partial charge >= 0.3 is 5.97 Å². The highest BCUT2D eigenvalue weighted by molar-refractivity contribution is 5.87. The summed E-state index contributed by atoms with van der Waals surface area (Å²) in [5.41, 5.74) is 1.86. The number of rotatable bonds is 4. The molecule has 1 heterocycles. The first-order valence-corrected chi connectivity index (χ1v) is 5.83. The van der Waals surface area contributed by atoms with Crippen LogP contribution in [0.2, 0.25) is 0 Å². The summed E-state index contributed by atoms with van der Waals surface area (Å²) in [6, 6.07) is 9.20. The number of aromatic nitrogens is 1. The second-order valence-corrected chi connectivity index (χ2v) is 4.04. The maximum Gasteiger partial charge on any atom is 0.354 e. The molecule has 0 unspecified atom stereocenters. The Hall–Kier alpha value is -2.81. The first-order chi connectivity index (χ1) is 9.63. The maximum absolute atomic E-state index is 13.0. The quantitative estimate of drug-likeness (QED) is 0.839. The Morgan fingerprint density at radius 3 is 2.95 bits per heavy atom. The van der Waals surface area contributed by atoms with Crippen LogP contribution in [0.15, 0.2) is 30.3 Å². The molecule has 0 saturated heterocycles. The molecule has 0 aliphatic rings. The third kappa shape index (κ3) is 2.95. The van der Waals surface area contributed by atoms with Crippen LogP contribution in [0, 0.1) is 17.1 Å². The second-order valence-electron chi connectivity index (χ2n) is 4.04. The molecule has 0 aliphatic carbocycles. The van der Waals surface area contributed by atoms with E-state index in [1.807, 2.05) is 6.07 Å². The lowest BCUT2D eigenvalue weighted by Crippen LogP contribution is -2.04. The van der Waals surface area contributed by atoms with Crippen molar-refractivity contribution in [2.45, 2.75) is 6.54 Å². The number of ether oxygens (including phenoxy) is 1. The fourth-order valence-corrected chi connectivity index (χ4v) is 1.73. The summed E-state index contributed by atoms with van der Waals surface area (Å²) in [4.78, 5) is 14.2. The van der Waals surface area contributed by atoms with E-state index < -0.39 is 11.8 Å². The highest BCUT2D eigenvalue weighted by Crippen LogP contribution is 2.17. The lowest BCUT2D eigenvalue weighted by Gasteiger charge is -2.07. The van der Waals surface area contributed by atoms with E-state index in [9.17, 15) is 9.18 Å². The SMILES string of the molecule is COC(=O)c1ccc(CNc2ccc(F)cc2C#N)[nH]1. The molecule has 0 fully saturated rings. The largest absolute Gasteiger partial charge is 0.464 e. The normalized spacial score (nSPS) is 9.85. The molecule has 0 atom stereocenters. The van der Waals surface area contributed by atoms with Crippen molar-refractivity contribution in [1.82, 2.24) is 4.98 Å². The van der Waals surface area contributed by atoms with Gasteiger partial charge in [-0.3, -0.25) is 0 Å². The van der Waals surface area contributed by atoms with Gasteiger partial charge in [-0.25, -0.2) is 9.18 Å². The Balaban J connectivity index is 2.08. The van der Waals surface area contributed by atoms with Gasteiger partial charge in [0.25, 0.3) is 0 Å². The van der Waals surface area contributed by atoms with Gasteiger partial charge in [-0.15, -0.1) is 0 Å². The molecule has 20 heavy (non-hydrogen) atoms. The molecule has 2 aromatic rings. The number of nitrogens with zero attached hydrogens (tertiary/aromatic N) is 1. The standard InChI is InChI=1S/C14H12FN3O2/c1-20-14(19)13-5-3-11(18-13)8-17-12-4-2-10(15)6-9(12)7-16/h2-6,17-18H,8H2,1H3. The molecule has 0 aliphatic heterocycles. The number of nitriles is 1. The van der Waals surface area contributed by atoms with Gasteiger partial charge in [-0.05, 0) is 30.3 Å². The minimum Gasteiger partial charge on any atom is -0.464 e. The van der Waals surface area contributed by atoms with Gasteiger partial charge in [-0.2, -0.15) is 5.26 Å². The van der Waals surface area contributed by atoms with Crippen LogP contribution in [-0.4, -0.2) is 18.1 Å². The number of carbonyl (C=O) groups excluding carboxylic acids is 1. The zero-order valence-electron chi connectivity index (χ0n) is 10.7. The van der Waals surface area contributed by atoms with Crippen LogP contribution in [0.5, 0.6) is 0 Å². The summed E-state index contributed by atoms with van der Waals surface area (Å²) in [5.74, 6) is -0.907. The zero-order valence-corrected chi connectivity index (χ0v) is 10.7. The average Bonchev–Trinajstić information content (AvgIpc) is 2.93. The van der Waals surface area contributed by atoms with Crippen molar-refractivity contribution >= 4 is 11.7 Å². The van der Waals surface area contributed by atoms with Crippen molar-refractivity contribution in [3.05, 3.63) is 53.1 Å². The van der Waals surface area contributed by atoms with Gasteiger partial charge in [0.2, 0.25) is 0 Å². The fourth-order valence-electron chi connectivity index (χ4n) is 1.73. The number of hydrogen-bond donors (Lipinski definition) is 2. The fraction of sp³-hybridized carbons (Fsp3) is 0.143. The van der Waals surface area contributed by atoms with Crippen molar-refractivity contribution in [3.8, 4) is 6.07 Å². The smallest absolute Gasteiger partial charge is 0.354 e. The molecule has 5 nitrogen and oxygen atoms in total. The average molecular weight is 273 g/mol. The van der Waals surface area contributed by atoms with E-state index in [0.717, 1.165) is 11.8 Å². The van der Waals surface area contributed by atoms with Crippen LogP contribution < -0.4 is 5.32 Å². The van der Waals surface area contributed by atoms with E-state index in [1.54, 1.807) is 12.1 Å². The van der Waals surface area contributed by atoms with Crippen molar-refractivity contribution in [3.63, 3.8) is 0 Å². The summed E-state index contributed by atoms with van der Waals surface area (Å²) in [5, 5.41) is 11.9. The lowest BCUT2D eigenvalue weighted by atomic mass is 10.2. The van der Waals surface area contributed by atoms with E-state index in [-0.39, 0.29) is 5.56 Å². The molecule has 0 amide bonds. The summed E-state index contributed by atoms with van der Waals surface area (Å²) in [6.45, 7) is 0.372. The Morgan fingerprint density at radius 2 is 2.25 bits per heavy atom. The molecule has 102 valence electrons. The molecular weight excluding hydrogens is 261 g/mol. The summed E-state index contributed by atoms with van der Waals surface area (Å²) in [7, 11) is 1.30. The minimum atomic E-state index is -0.458. The van der Waals surface area contributed by atoms with Crippen LogP contribution in [0.3, 0.4) is 0 Å². The van der Waals surface area contributed by atoms with Crippen molar-refractivity contribution < 1.29 is 13.9 Å². The van der Waals surface area contributed by atoms with Gasteiger partial charge in [0, 0.05) is 5.69 Å². The number of hydrogen-bond acceptors (Lipinski definition) is 4. The van der Waals surface area contributed by atoms with Crippen LogP contribution in [0.4, 0.5) is 10.1 Å². The van der Waals surface area contributed by atoms with Crippen LogP contribution in [0.25, 0.3) is 0 Å². The Bertz CT molecular complexity index is 673. The minimum absolute atomic E-state index is 0.227. The first-order valence-electron chi connectivity index (χ1n) is 5.83. The molecule has 2 N–H and O–H groups in total. The van der Waals surface area contributed by atoms with Crippen molar-refractivity contribution in [1.29, 1.82) is 5.26 Å². The van der Waals surface area contributed by atoms with E-state index in [0.29, 0.717) is 17.9 Å². The van der Waals surface area contributed by atoms with Gasteiger partial charge in [-0.1, -0.05) is 0 Å². The van der Waals surface area contributed by atoms with Gasteiger partial charge in [0.1, 0.15) is 17.6 Å². The highest BCUT2D eigenvalue weighted by atomic mass is 19.1. The monoisotopic (exact) mass is 273 g/mol. The molecule has 0 radical (unpaired) electrons. The lowest BCUT2D eigenvalue weighted by molar-refractivity contribution is 0.0594. The van der Waals surface area contributed by atoms with E-state index in [4.69, 9.17) is 5.26 Å². The number of methoxy groups -OCH3 is 1. The Kier molecular flexibility index (Phi) is 4.01. The van der Waals surface area contributed by atoms with Crippen LogP contribution in [0.1, 0.15) is 21.7 Å². The summed E-state index contributed by atoms with van der Waals surface area (Å²) in [6.07, 6.45) is 0. The number of aromatic amines is 1. The predicted octanol–water partition coefficient (Wildman–Crippen LogP) is 2.42. The summed E-state index contributed by atoms with van der Waals surface area (Å²) < 4.78 is 17.6. The van der Waals surface area contributed by atoms with Crippen molar-refractivity contribution in [2.24, 2.45) is 0 Å². The molecular formula is C14H12FN3O2. The molecule has 1 aromatic heterocycles. The molecule has 2 rings (SSSR count).